The molecule has 3 nitrogen and oxygen atoms in total. The number of nitriles is 1. The molecule has 0 fully saturated rings. The Kier molecular flexibility index (Phi) is 3.30. The minimum atomic E-state index is -4.33. The van der Waals surface area contributed by atoms with Gasteiger partial charge in [0.2, 0.25) is 0 Å². The molecule has 1 heterocycles. The first-order valence-corrected chi connectivity index (χ1v) is 5.46. The standard InChI is InChI=1S/C13H9F3N3/c1-8-2-3-9(6-17)4-10(8)11-7-18-19-12(11)5-13(14,15)16/h2-4,7H,5H2,1H3. The van der Waals surface area contributed by atoms with Gasteiger partial charge < -0.3 is 0 Å². The number of rotatable bonds is 2. The van der Waals surface area contributed by atoms with E-state index in [4.69, 9.17) is 5.26 Å². The van der Waals surface area contributed by atoms with E-state index < -0.39 is 12.6 Å². The van der Waals surface area contributed by atoms with Crippen molar-refractivity contribution in [2.45, 2.75) is 19.5 Å². The van der Waals surface area contributed by atoms with Crippen molar-refractivity contribution in [3.05, 3.63) is 41.1 Å². The fourth-order valence-corrected chi connectivity index (χ4v) is 1.81. The molecule has 1 aromatic carbocycles. The molecule has 1 aromatic rings. The number of benzene rings is 1. The minimum absolute atomic E-state index is 0.120. The Balaban J connectivity index is 2.38. The first-order chi connectivity index (χ1) is 8.90. The van der Waals surface area contributed by atoms with Gasteiger partial charge in [-0.3, -0.25) is 0 Å². The van der Waals surface area contributed by atoms with Crippen LogP contribution in [0.5, 0.6) is 0 Å². The monoisotopic (exact) mass is 264 g/mol. The van der Waals surface area contributed by atoms with Crippen LogP contribution in [0.15, 0.2) is 29.5 Å². The van der Waals surface area contributed by atoms with Crippen molar-refractivity contribution in [1.82, 2.24) is 5.43 Å². The van der Waals surface area contributed by atoms with Gasteiger partial charge in [-0.2, -0.15) is 29.0 Å². The number of allylic oxidation sites excluding steroid dienone is 1. The van der Waals surface area contributed by atoms with Crippen LogP contribution in [0.2, 0.25) is 0 Å². The van der Waals surface area contributed by atoms with Crippen LogP contribution in [0.1, 0.15) is 23.1 Å². The first-order valence-electron chi connectivity index (χ1n) is 5.46. The molecule has 0 N–H and O–H groups in total. The fourth-order valence-electron chi connectivity index (χ4n) is 1.81. The van der Waals surface area contributed by atoms with E-state index in [9.17, 15) is 13.2 Å². The Bertz CT molecular complexity index is 607. The minimum Gasteiger partial charge on any atom is -0.192 e. The highest BCUT2D eigenvalue weighted by molar-refractivity contribution is 6.25. The third-order valence-electron chi connectivity index (χ3n) is 2.70. The number of hydrogen-bond donors (Lipinski definition) is 0. The zero-order valence-corrected chi connectivity index (χ0v) is 9.99. The molecule has 0 amide bonds. The molecule has 6 heteroatoms. The smallest absolute Gasteiger partial charge is 0.192 e. The van der Waals surface area contributed by atoms with Gasteiger partial charge >= 0.3 is 6.18 Å². The molecule has 0 atom stereocenters. The lowest BCUT2D eigenvalue weighted by atomic mass is 9.95. The molecule has 2 rings (SSSR count). The average Bonchev–Trinajstić information content (AvgIpc) is 2.75. The molecule has 19 heavy (non-hydrogen) atoms. The largest absolute Gasteiger partial charge is 0.394 e. The van der Waals surface area contributed by atoms with Gasteiger partial charge in [0.1, 0.15) is 0 Å². The van der Waals surface area contributed by atoms with Gasteiger partial charge in [0, 0.05) is 5.57 Å². The molecular formula is C13H9F3N3. The normalized spacial score (nSPS) is 14.5. The van der Waals surface area contributed by atoms with Gasteiger partial charge in [-0.25, -0.2) is 0 Å². The molecular weight excluding hydrogens is 255 g/mol. The molecule has 97 valence electrons. The van der Waals surface area contributed by atoms with Crippen LogP contribution < -0.4 is 5.43 Å². The van der Waals surface area contributed by atoms with Gasteiger partial charge in [-0.15, -0.1) is 0 Å². The highest BCUT2D eigenvalue weighted by Gasteiger charge is 2.33. The van der Waals surface area contributed by atoms with Crippen LogP contribution in [-0.2, 0) is 0 Å². The van der Waals surface area contributed by atoms with Gasteiger partial charge in [0.05, 0.1) is 30.0 Å². The molecule has 1 aliphatic heterocycles. The lowest BCUT2D eigenvalue weighted by Gasteiger charge is -2.11. The number of halogens is 3. The zero-order chi connectivity index (χ0) is 14.0. The van der Waals surface area contributed by atoms with Crippen LogP contribution in [0, 0.1) is 18.3 Å². The maximum Gasteiger partial charge on any atom is 0.394 e. The zero-order valence-electron chi connectivity index (χ0n) is 9.99. The summed E-state index contributed by atoms with van der Waals surface area (Å²) in [6, 6.07) is 6.82. The van der Waals surface area contributed by atoms with Gasteiger partial charge in [0.25, 0.3) is 0 Å². The van der Waals surface area contributed by atoms with E-state index in [-0.39, 0.29) is 5.71 Å². The van der Waals surface area contributed by atoms with Crippen molar-refractivity contribution in [2.24, 2.45) is 5.10 Å². The van der Waals surface area contributed by atoms with Crippen molar-refractivity contribution in [2.75, 3.05) is 0 Å². The second-order valence-corrected chi connectivity index (χ2v) is 4.14. The summed E-state index contributed by atoms with van der Waals surface area (Å²) in [6.45, 7) is 1.76. The van der Waals surface area contributed by atoms with Crippen molar-refractivity contribution >= 4 is 11.3 Å². The first kappa shape index (κ1) is 13.1. The Hall–Kier alpha value is -2.29. The quantitative estimate of drug-likeness (QED) is 0.809. The molecule has 0 spiro atoms. The van der Waals surface area contributed by atoms with E-state index in [1.54, 1.807) is 25.1 Å². The SMILES string of the molecule is Cc1ccc(C#N)cc1C1=C[N]N=C1CC(F)(F)F. The van der Waals surface area contributed by atoms with E-state index in [0.717, 1.165) is 5.56 Å². The predicted octanol–water partition coefficient (Wildman–Crippen LogP) is 3.13. The summed E-state index contributed by atoms with van der Waals surface area (Å²) >= 11 is 0. The van der Waals surface area contributed by atoms with E-state index in [0.29, 0.717) is 16.7 Å². The Morgan fingerprint density at radius 3 is 2.68 bits per heavy atom. The summed E-state index contributed by atoms with van der Waals surface area (Å²) < 4.78 is 37.3. The van der Waals surface area contributed by atoms with Crippen LogP contribution in [0.3, 0.4) is 0 Å². The maximum absolute atomic E-state index is 12.4. The topological polar surface area (TPSA) is 50.2 Å². The van der Waals surface area contributed by atoms with Crippen molar-refractivity contribution in [1.29, 1.82) is 5.26 Å². The van der Waals surface area contributed by atoms with Gasteiger partial charge in [-0.05, 0) is 30.2 Å². The van der Waals surface area contributed by atoms with Crippen LogP contribution in [-0.4, -0.2) is 11.9 Å². The predicted molar refractivity (Wildman–Crippen MR) is 64.1 cm³/mol. The van der Waals surface area contributed by atoms with Crippen LogP contribution in [0.25, 0.3) is 5.57 Å². The van der Waals surface area contributed by atoms with Gasteiger partial charge in [0.15, 0.2) is 0 Å². The fraction of sp³-hybridized carbons (Fsp3) is 0.231. The maximum atomic E-state index is 12.4. The Morgan fingerprint density at radius 1 is 1.32 bits per heavy atom. The third-order valence-corrected chi connectivity index (χ3v) is 2.70. The third kappa shape index (κ3) is 2.94. The summed E-state index contributed by atoms with van der Waals surface area (Å²) in [4.78, 5) is 0. The van der Waals surface area contributed by atoms with Crippen LogP contribution >= 0.6 is 0 Å². The number of alkyl halides is 3. The van der Waals surface area contributed by atoms with Crippen LogP contribution in [0.4, 0.5) is 13.2 Å². The Labute approximate surface area is 108 Å². The van der Waals surface area contributed by atoms with E-state index in [2.05, 4.69) is 10.5 Å². The molecule has 0 saturated heterocycles. The van der Waals surface area contributed by atoms with E-state index >= 15 is 0 Å². The molecule has 0 aromatic heterocycles. The molecule has 0 bridgehead atoms. The molecule has 0 aliphatic carbocycles. The summed E-state index contributed by atoms with van der Waals surface area (Å²) in [5, 5.41) is 12.4. The van der Waals surface area contributed by atoms with E-state index in [1.165, 1.54) is 6.20 Å². The van der Waals surface area contributed by atoms with Crippen molar-refractivity contribution in [3.8, 4) is 6.07 Å². The van der Waals surface area contributed by atoms with Gasteiger partial charge in [-0.1, -0.05) is 6.07 Å². The average molecular weight is 264 g/mol. The highest BCUT2D eigenvalue weighted by atomic mass is 19.4. The lowest BCUT2D eigenvalue weighted by molar-refractivity contribution is -0.120. The van der Waals surface area contributed by atoms with Crippen molar-refractivity contribution < 1.29 is 13.2 Å². The van der Waals surface area contributed by atoms with Crippen molar-refractivity contribution in [3.63, 3.8) is 0 Å². The Morgan fingerprint density at radius 2 is 2.05 bits per heavy atom. The second kappa shape index (κ2) is 4.76. The summed E-state index contributed by atoms with van der Waals surface area (Å²) in [7, 11) is 0. The summed E-state index contributed by atoms with van der Waals surface area (Å²) in [5.41, 5.74) is 5.47. The molecule has 1 radical (unpaired) electrons. The number of nitrogens with zero attached hydrogens (tertiary/aromatic N) is 3. The second-order valence-electron chi connectivity index (χ2n) is 4.14. The van der Waals surface area contributed by atoms with E-state index in [1.807, 2.05) is 6.07 Å². The molecule has 1 aliphatic rings. The summed E-state index contributed by atoms with van der Waals surface area (Å²) in [6.07, 6.45) is -4.17. The number of aryl methyl sites for hydroxylation is 1. The highest BCUT2D eigenvalue weighted by Crippen LogP contribution is 2.30. The molecule has 0 unspecified atom stereocenters. The summed E-state index contributed by atoms with van der Waals surface area (Å²) in [5.74, 6) is 0. The molecule has 0 saturated carbocycles. The number of hydrogen-bond acceptors (Lipinski definition) is 2. The lowest BCUT2D eigenvalue weighted by Crippen LogP contribution is -2.15.